The van der Waals surface area contributed by atoms with Gasteiger partial charge in [-0.25, -0.2) is 0 Å². The van der Waals surface area contributed by atoms with Crippen LogP contribution in [0.3, 0.4) is 0 Å². The SMILES string of the molecule is CNC(Cc1cc(C)ccc1C)C1Cc2ccccc2S1. The van der Waals surface area contributed by atoms with Crippen LogP contribution in [0.5, 0.6) is 0 Å². The van der Waals surface area contributed by atoms with Crippen LogP contribution in [0.15, 0.2) is 47.4 Å². The van der Waals surface area contributed by atoms with E-state index in [-0.39, 0.29) is 0 Å². The van der Waals surface area contributed by atoms with Crippen molar-refractivity contribution in [3.63, 3.8) is 0 Å². The second-order valence-electron chi connectivity index (χ2n) is 6.00. The van der Waals surface area contributed by atoms with Gasteiger partial charge < -0.3 is 5.32 Å². The Labute approximate surface area is 132 Å². The summed E-state index contributed by atoms with van der Waals surface area (Å²) in [6.45, 7) is 4.40. The molecule has 0 aliphatic carbocycles. The summed E-state index contributed by atoms with van der Waals surface area (Å²) in [7, 11) is 2.10. The molecule has 2 heteroatoms. The van der Waals surface area contributed by atoms with Gasteiger partial charge in [0.15, 0.2) is 0 Å². The fourth-order valence-electron chi connectivity index (χ4n) is 3.11. The van der Waals surface area contributed by atoms with E-state index in [0.29, 0.717) is 11.3 Å². The molecule has 1 aliphatic heterocycles. The predicted octanol–water partition coefficient (Wildman–Crippen LogP) is 4.15. The van der Waals surface area contributed by atoms with Gasteiger partial charge in [-0.2, -0.15) is 0 Å². The monoisotopic (exact) mass is 297 g/mol. The molecule has 0 radical (unpaired) electrons. The number of likely N-dealkylation sites (N-methyl/N-ethyl adjacent to an activating group) is 1. The minimum atomic E-state index is 0.517. The van der Waals surface area contributed by atoms with E-state index in [0.717, 1.165) is 6.42 Å². The first-order valence-electron chi connectivity index (χ1n) is 7.65. The molecule has 2 aromatic rings. The van der Waals surface area contributed by atoms with Gasteiger partial charge in [-0.1, -0.05) is 42.0 Å². The molecule has 1 aliphatic rings. The van der Waals surface area contributed by atoms with E-state index >= 15 is 0 Å². The molecule has 1 heterocycles. The van der Waals surface area contributed by atoms with Crippen LogP contribution in [0.4, 0.5) is 0 Å². The molecule has 2 aromatic carbocycles. The Balaban J connectivity index is 1.76. The standard InChI is InChI=1S/C19H23NS/c1-13-8-9-14(2)16(10-13)11-17(20-3)19-12-15-6-4-5-7-18(15)21-19/h4-10,17,19-20H,11-12H2,1-3H3. The first-order chi connectivity index (χ1) is 10.2. The van der Waals surface area contributed by atoms with E-state index in [2.05, 4.69) is 68.7 Å². The maximum atomic E-state index is 3.55. The number of benzene rings is 2. The molecule has 21 heavy (non-hydrogen) atoms. The van der Waals surface area contributed by atoms with Gasteiger partial charge in [0, 0.05) is 16.2 Å². The largest absolute Gasteiger partial charge is 0.316 e. The lowest BCUT2D eigenvalue weighted by Gasteiger charge is -2.23. The van der Waals surface area contributed by atoms with Gasteiger partial charge >= 0.3 is 0 Å². The van der Waals surface area contributed by atoms with E-state index in [4.69, 9.17) is 0 Å². The Morgan fingerprint density at radius 1 is 1.19 bits per heavy atom. The quantitative estimate of drug-likeness (QED) is 0.910. The van der Waals surface area contributed by atoms with E-state index < -0.39 is 0 Å². The van der Waals surface area contributed by atoms with Crippen LogP contribution in [0.2, 0.25) is 0 Å². The zero-order valence-corrected chi connectivity index (χ0v) is 13.8. The van der Waals surface area contributed by atoms with Crippen LogP contribution >= 0.6 is 11.8 Å². The molecule has 1 N–H and O–H groups in total. The highest BCUT2D eigenvalue weighted by molar-refractivity contribution is 8.00. The van der Waals surface area contributed by atoms with E-state index in [9.17, 15) is 0 Å². The summed E-state index contributed by atoms with van der Waals surface area (Å²) in [5.41, 5.74) is 5.74. The minimum absolute atomic E-state index is 0.517. The molecule has 1 nitrogen and oxygen atoms in total. The summed E-state index contributed by atoms with van der Waals surface area (Å²) in [6.07, 6.45) is 2.28. The first kappa shape index (κ1) is 14.7. The molecule has 0 saturated heterocycles. The van der Waals surface area contributed by atoms with Crippen molar-refractivity contribution >= 4 is 11.8 Å². The summed E-state index contributed by atoms with van der Waals surface area (Å²) in [6, 6.07) is 16.1. The summed E-state index contributed by atoms with van der Waals surface area (Å²) >= 11 is 2.04. The maximum absolute atomic E-state index is 3.55. The van der Waals surface area contributed by atoms with Crippen molar-refractivity contribution in [3.8, 4) is 0 Å². The molecule has 0 saturated carbocycles. The third-order valence-corrected chi connectivity index (χ3v) is 5.89. The third-order valence-electron chi connectivity index (χ3n) is 4.44. The molecule has 2 unspecified atom stereocenters. The van der Waals surface area contributed by atoms with E-state index in [1.54, 1.807) is 0 Å². The average Bonchev–Trinajstić information content (AvgIpc) is 2.91. The number of nitrogens with one attached hydrogen (secondary N) is 1. The lowest BCUT2D eigenvalue weighted by molar-refractivity contribution is 0.536. The lowest BCUT2D eigenvalue weighted by atomic mass is 9.95. The molecule has 0 aromatic heterocycles. The van der Waals surface area contributed by atoms with Crippen molar-refractivity contribution in [3.05, 3.63) is 64.7 Å². The average molecular weight is 297 g/mol. The Kier molecular flexibility index (Phi) is 4.37. The smallest absolute Gasteiger partial charge is 0.0292 e. The second kappa shape index (κ2) is 6.25. The molecule has 0 fully saturated rings. The number of hydrogen-bond donors (Lipinski definition) is 1. The van der Waals surface area contributed by atoms with Crippen molar-refractivity contribution < 1.29 is 0 Å². The number of hydrogen-bond acceptors (Lipinski definition) is 2. The fourth-order valence-corrected chi connectivity index (χ4v) is 4.56. The number of rotatable bonds is 4. The van der Waals surface area contributed by atoms with Gasteiger partial charge in [0.2, 0.25) is 0 Å². The summed E-state index contributed by atoms with van der Waals surface area (Å²) in [5, 5.41) is 4.18. The molecule has 0 bridgehead atoms. The van der Waals surface area contributed by atoms with Crippen LogP contribution < -0.4 is 5.32 Å². The number of aryl methyl sites for hydroxylation is 2. The lowest BCUT2D eigenvalue weighted by Crippen LogP contribution is -2.37. The van der Waals surface area contributed by atoms with Gasteiger partial charge in [-0.3, -0.25) is 0 Å². The summed E-state index contributed by atoms with van der Waals surface area (Å²) < 4.78 is 0. The molecule has 0 spiro atoms. The Morgan fingerprint density at radius 2 is 2.00 bits per heavy atom. The zero-order chi connectivity index (χ0) is 14.8. The van der Waals surface area contributed by atoms with E-state index in [1.165, 1.54) is 33.6 Å². The maximum Gasteiger partial charge on any atom is 0.0292 e. The van der Waals surface area contributed by atoms with Crippen LogP contribution in [0.25, 0.3) is 0 Å². The van der Waals surface area contributed by atoms with Gasteiger partial charge in [0.1, 0.15) is 0 Å². The second-order valence-corrected chi connectivity index (χ2v) is 7.28. The van der Waals surface area contributed by atoms with Crippen LogP contribution in [-0.4, -0.2) is 18.3 Å². The van der Waals surface area contributed by atoms with Crippen molar-refractivity contribution in [2.45, 2.75) is 42.9 Å². The highest BCUT2D eigenvalue weighted by atomic mass is 32.2. The molecular weight excluding hydrogens is 274 g/mol. The Hall–Kier alpha value is -1.25. The number of thioether (sulfide) groups is 1. The van der Waals surface area contributed by atoms with Crippen molar-refractivity contribution in [1.82, 2.24) is 5.32 Å². The normalized spacial score (nSPS) is 18.5. The van der Waals surface area contributed by atoms with Crippen molar-refractivity contribution in [2.24, 2.45) is 0 Å². The van der Waals surface area contributed by atoms with Gasteiger partial charge in [-0.05, 0) is 56.5 Å². The number of fused-ring (bicyclic) bond motifs is 1. The van der Waals surface area contributed by atoms with Crippen molar-refractivity contribution in [1.29, 1.82) is 0 Å². The van der Waals surface area contributed by atoms with Crippen LogP contribution in [-0.2, 0) is 12.8 Å². The van der Waals surface area contributed by atoms with Gasteiger partial charge in [0.25, 0.3) is 0 Å². The Morgan fingerprint density at radius 3 is 2.76 bits per heavy atom. The molecule has 0 amide bonds. The molecule has 110 valence electrons. The van der Waals surface area contributed by atoms with E-state index in [1.807, 2.05) is 11.8 Å². The topological polar surface area (TPSA) is 12.0 Å². The van der Waals surface area contributed by atoms with Crippen LogP contribution in [0, 0.1) is 13.8 Å². The third kappa shape index (κ3) is 3.17. The van der Waals surface area contributed by atoms with Gasteiger partial charge in [-0.15, -0.1) is 11.8 Å². The summed E-state index contributed by atoms with van der Waals surface area (Å²) in [4.78, 5) is 1.46. The molecule has 2 atom stereocenters. The highest BCUT2D eigenvalue weighted by Gasteiger charge is 2.28. The highest BCUT2D eigenvalue weighted by Crippen LogP contribution is 2.39. The molecular formula is C19H23NS. The zero-order valence-electron chi connectivity index (χ0n) is 13.0. The molecule has 3 rings (SSSR count). The summed E-state index contributed by atoms with van der Waals surface area (Å²) in [5.74, 6) is 0. The van der Waals surface area contributed by atoms with Crippen LogP contribution in [0.1, 0.15) is 22.3 Å². The first-order valence-corrected chi connectivity index (χ1v) is 8.53. The van der Waals surface area contributed by atoms with Crippen molar-refractivity contribution in [2.75, 3.05) is 7.05 Å². The predicted molar refractivity (Wildman–Crippen MR) is 92.3 cm³/mol. The minimum Gasteiger partial charge on any atom is -0.316 e. The van der Waals surface area contributed by atoms with Gasteiger partial charge in [0.05, 0.1) is 0 Å². The fraction of sp³-hybridized carbons (Fsp3) is 0.368. The Bertz CT molecular complexity index is 610.